The predicted octanol–water partition coefficient (Wildman–Crippen LogP) is 4.00. The van der Waals surface area contributed by atoms with E-state index in [0.29, 0.717) is 5.56 Å². The SMILES string of the molecule is O=C(NCc1ccccc1F)NC1CCSc2ccc(F)cc21. The van der Waals surface area contributed by atoms with E-state index in [1.165, 1.54) is 18.2 Å². The van der Waals surface area contributed by atoms with Crippen molar-refractivity contribution in [2.75, 3.05) is 5.75 Å². The molecule has 2 N–H and O–H groups in total. The van der Waals surface area contributed by atoms with Crippen LogP contribution in [0.3, 0.4) is 0 Å². The van der Waals surface area contributed by atoms with Crippen LogP contribution in [-0.2, 0) is 6.54 Å². The van der Waals surface area contributed by atoms with E-state index < -0.39 is 0 Å². The van der Waals surface area contributed by atoms with Gasteiger partial charge in [-0.1, -0.05) is 18.2 Å². The summed E-state index contributed by atoms with van der Waals surface area (Å²) in [6.45, 7) is 0.107. The van der Waals surface area contributed by atoms with Crippen LogP contribution in [0.1, 0.15) is 23.6 Å². The molecular weight excluding hydrogens is 318 g/mol. The van der Waals surface area contributed by atoms with E-state index in [1.54, 1.807) is 36.0 Å². The van der Waals surface area contributed by atoms with Crippen molar-refractivity contribution in [1.82, 2.24) is 10.6 Å². The molecule has 0 aliphatic carbocycles. The molecule has 2 amide bonds. The monoisotopic (exact) mass is 334 g/mol. The van der Waals surface area contributed by atoms with Gasteiger partial charge in [-0.15, -0.1) is 11.8 Å². The maximum atomic E-state index is 13.5. The summed E-state index contributed by atoms with van der Waals surface area (Å²) in [5, 5.41) is 5.48. The van der Waals surface area contributed by atoms with Gasteiger partial charge in [-0.05, 0) is 36.2 Å². The number of hydrogen-bond acceptors (Lipinski definition) is 2. The lowest BCUT2D eigenvalue weighted by Gasteiger charge is -2.26. The third-order valence-corrected chi connectivity index (χ3v) is 4.84. The largest absolute Gasteiger partial charge is 0.334 e. The normalized spacial score (nSPS) is 16.5. The maximum absolute atomic E-state index is 13.5. The fraction of sp³-hybridized carbons (Fsp3) is 0.235. The molecule has 2 aromatic rings. The highest BCUT2D eigenvalue weighted by Crippen LogP contribution is 2.36. The molecule has 0 saturated heterocycles. The van der Waals surface area contributed by atoms with E-state index in [1.807, 2.05) is 0 Å². The lowest BCUT2D eigenvalue weighted by molar-refractivity contribution is 0.236. The van der Waals surface area contributed by atoms with E-state index in [-0.39, 0.29) is 30.3 Å². The molecule has 6 heteroatoms. The van der Waals surface area contributed by atoms with Crippen molar-refractivity contribution in [2.24, 2.45) is 0 Å². The smallest absolute Gasteiger partial charge is 0.315 e. The molecule has 1 unspecified atom stereocenters. The molecule has 1 atom stereocenters. The number of rotatable bonds is 3. The third kappa shape index (κ3) is 3.82. The third-order valence-electron chi connectivity index (χ3n) is 3.71. The Labute approximate surface area is 137 Å². The molecule has 120 valence electrons. The van der Waals surface area contributed by atoms with Crippen molar-refractivity contribution in [3.05, 3.63) is 65.2 Å². The summed E-state index contributed by atoms with van der Waals surface area (Å²) in [5.41, 5.74) is 1.22. The lowest BCUT2D eigenvalue weighted by atomic mass is 10.0. The summed E-state index contributed by atoms with van der Waals surface area (Å²) < 4.78 is 27.0. The number of nitrogens with one attached hydrogen (secondary N) is 2. The molecular formula is C17H16F2N2OS. The summed E-state index contributed by atoms with van der Waals surface area (Å²) in [4.78, 5) is 13.0. The molecule has 1 heterocycles. The molecule has 0 spiro atoms. The Morgan fingerprint density at radius 2 is 2.04 bits per heavy atom. The highest BCUT2D eigenvalue weighted by atomic mass is 32.2. The highest BCUT2D eigenvalue weighted by Gasteiger charge is 2.22. The first kappa shape index (κ1) is 15.8. The van der Waals surface area contributed by atoms with E-state index in [4.69, 9.17) is 0 Å². The summed E-state index contributed by atoms with van der Waals surface area (Å²) in [7, 11) is 0. The van der Waals surface area contributed by atoms with Crippen molar-refractivity contribution in [2.45, 2.75) is 23.9 Å². The minimum Gasteiger partial charge on any atom is -0.334 e. The maximum Gasteiger partial charge on any atom is 0.315 e. The second kappa shape index (κ2) is 7.00. The number of amides is 2. The molecule has 0 bridgehead atoms. The summed E-state index contributed by atoms with van der Waals surface area (Å²) in [6, 6.07) is 10.3. The van der Waals surface area contributed by atoms with Gasteiger partial charge in [0.05, 0.1) is 6.04 Å². The minimum atomic E-state index is -0.389. The van der Waals surface area contributed by atoms with E-state index in [2.05, 4.69) is 10.6 Å². The van der Waals surface area contributed by atoms with E-state index in [0.717, 1.165) is 22.6 Å². The number of carbonyl (C=O) groups is 1. The summed E-state index contributed by atoms with van der Waals surface area (Å²) in [6.07, 6.45) is 0.730. The van der Waals surface area contributed by atoms with Gasteiger partial charge in [-0.2, -0.15) is 0 Å². The van der Waals surface area contributed by atoms with Crippen molar-refractivity contribution in [3.8, 4) is 0 Å². The van der Waals surface area contributed by atoms with Gasteiger partial charge in [0.2, 0.25) is 0 Å². The predicted molar refractivity (Wildman–Crippen MR) is 86.3 cm³/mol. The van der Waals surface area contributed by atoms with Gasteiger partial charge in [0.25, 0.3) is 0 Å². The molecule has 0 saturated carbocycles. The standard InChI is InChI=1S/C17H16F2N2OS/c18-12-5-6-16-13(9-12)15(7-8-23-16)21-17(22)20-10-11-3-1-2-4-14(11)19/h1-6,9,15H,7-8,10H2,(H2,20,21,22). The van der Waals surface area contributed by atoms with Crippen LogP contribution in [0.15, 0.2) is 47.4 Å². The fourth-order valence-electron chi connectivity index (χ4n) is 2.54. The van der Waals surface area contributed by atoms with Gasteiger partial charge >= 0.3 is 6.03 Å². The van der Waals surface area contributed by atoms with Crippen LogP contribution in [0.25, 0.3) is 0 Å². The zero-order valence-electron chi connectivity index (χ0n) is 12.3. The van der Waals surface area contributed by atoms with Crippen molar-refractivity contribution >= 4 is 17.8 Å². The number of benzene rings is 2. The Kier molecular flexibility index (Phi) is 4.81. The van der Waals surface area contributed by atoms with Crippen molar-refractivity contribution < 1.29 is 13.6 Å². The Balaban J connectivity index is 1.63. The van der Waals surface area contributed by atoms with Gasteiger partial charge in [-0.25, -0.2) is 13.6 Å². The number of halogens is 2. The van der Waals surface area contributed by atoms with Crippen LogP contribution < -0.4 is 10.6 Å². The molecule has 3 nitrogen and oxygen atoms in total. The Morgan fingerprint density at radius 1 is 1.22 bits per heavy atom. The number of carbonyl (C=O) groups excluding carboxylic acids is 1. The number of fused-ring (bicyclic) bond motifs is 1. The Morgan fingerprint density at radius 3 is 2.87 bits per heavy atom. The van der Waals surface area contributed by atoms with Gasteiger partial charge in [-0.3, -0.25) is 0 Å². The number of urea groups is 1. The second-order valence-electron chi connectivity index (χ2n) is 5.29. The van der Waals surface area contributed by atoms with Crippen molar-refractivity contribution in [1.29, 1.82) is 0 Å². The van der Waals surface area contributed by atoms with Crippen LogP contribution in [0.2, 0.25) is 0 Å². The van der Waals surface area contributed by atoms with Crippen LogP contribution >= 0.6 is 11.8 Å². The number of thioether (sulfide) groups is 1. The first-order chi connectivity index (χ1) is 11.1. The molecule has 0 aromatic heterocycles. The van der Waals surface area contributed by atoms with Gasteiger partial charge in [0.15, 0.2) is 0 Å². The first-order valence-electron chi connectivity index (χ1n) is 7.33. The zero-order valence-corrected chi connectivity index (χ0v) is 13.1. The minimum absolute atomic E-state index is 0.107. The number of hydrogen-bond donors (Lipinski definition) is 2. The average molecular weight is 334 g/mol. The lowest BCUT2D eigenvalue weighted by Crippen LogP contribution is -2.38. The molecule has 0 fully saturated rings. The summed E-state index contributed by atoms with van der Waals surface area (Å²) >= 11 is 1.65. The highest BCUT2D eigenvalue weighted by molar-refractivity contribution is 7.99. The average Bonchev–Trinajstić information content (AvgIpc) is 2.55. The van der Waals surface area contributed by atoms with Crippen LogP contribution in [0.4, 0.5) is 13.6 Å². The van der Waals surface area contributed by atoms with E-state index >= 15 is 0 Å². The molecule has 0 radical (unpaired) electrons. The van der Waals surface area contributed by atoms with Gasteiger partial charge < -0.3 is 10.6 Å². The van der Waals surface area contributed by atoms with Crippen LogP contribution in [-0.4, -0.2) is 11.8 Å². The first-order valence-corrected chi connectivity index (χ1v) is 8.32. The molecule has 1 aliphatic rings. The van der Waals surface area contributed by atoms with Crippen LogP contribution in [0, 0.1) is 11.6 Å². The molecule has 1 aliphatic heterocycles. The Hall–Kier alpha value is -2.08. The Bertz CT molecular complexity index is 723. The van der Waals surface area contributed by atoms with Crippen molar-refractivity contribution in [3.63, 3.8) is 0 Å². The van der Waals surface area contributed by atoms with Gasteiger partial charge in [0.1, 0.15) is 11.6 Å². The second-order valence-corrected chi connectivity index (χ2v) is 6.43. The molecule has 2 aromatic carbocycles. The molecule has 3 rings (SSSR count). The molecule has 23 heavy (non-hydrogen) atoms. The quantitative estimate of drug-likeness (QED) is 0.891. The topological polar surface area (TPSA) is 41.1 Å². The fourth-order valence-corrected chi connectivity index (χ4v) is 3.65. The van der Waals surface area contributed by atoms with Gasteiger partial charge in [0, 0.05) is 22.8 Å². The summed E-state index contributed by atoms with van der Waals surface area (Å²) in [5.74, 6) is 0.191. The van der Waals surface area contributed by atoms with E-state index in [9.17, 15) is 13.6 Å². The zero-order chi connectivity index (χ0) is 16.2. The van der Waals surface area contributed by atoms with Crippen LogP contribution in [0.5, 0.6) is 0 Å².